The molecule has 3 heterocycles. The van der Waals surface area contributed by atoms with Gasteiger partial charge < -0.3 is 19.7 Å². The molecule has 1 saturated heterocycles. The number of hydrogen-bond donors (Lipinski definition) is 1. The van der Waals surface area contributed by atoms with Gasteiger partial charge in [-0.2, -0.15) is 0 Å². The molecule has 2 aliphatic heterocycles. The minimum Gasteiger partial charge on any atom is -0.346 e. The maximum atomic E-state index is 13.0. The summed E-state index contributed by atoms with van der Waals surface area (Å²) in [6, 6.07) is 0. The number of carbonyl (C=O) groups is 3. The summed E-state index contributed by atoms with van der Waals surface area (Å²) < 4.78 is 1.91. The minimum absolute atomic E-state index is 0.159. The smallest absolute Gasteiger partial charge is 0.290 e. The highest BCUT2D eigenvalue weighted by Crippen LogP contribution is 2.23. The number of aromatic nitrogens is 2. The molecule has 8 heteroatoms. The fourth-order valence-corrected chi connectivity index (χ4v) is 3.46. The maximum absolute atomic E-state index is 13.0. The van der Waals surface area contributed by atoms with Gasteiger partial charge in [0, 0.05) is 38.3 Å². The SMILES string of the molecule is CC(C)(C)NC(=O)c1nc(C(=O)N2CCN(C=O)CC2)n2c1CCCC2. The molecule has 2 aliphatic rings. The molecule has 0 spiro atoms. The first-order valence-corrected chi connectivity index (χ1v) is 9.20. The Morgan fingerprint density at radius 3 is 2.38 bits per heavy atom. The van der Waals surface area contributed by atoms with Crippen LogP contribution in [0.2, 0.25) is 0 Å². The summed E-state index contributed by atoms with van der Waals surface area (Å²) in [6.45, 7) is 8.51. The van der Waals surface area contributed by atoms with Crippen molar-refractivity contribution in [2.75, 3.05) is 26.2 Å². The standard InChI is InChI=1S/C18H27N5O3/c1-18(2,3)20-16(25)14-13-6-4-5-7-23(13)15(19-14)17(26)22-10-8-21(12-24)9-11-22/h12H,4-11H2,1-3H3,(H,20,25). The molecule has 0 saturated carbocycles. The highest BCUT2D eigenvalue weighted by molar-refractivity contribution is 5.97. The first-order chi connectivity index (χ1) is 12.3. The van der Waals surface area contributed by atoms with Crippen LogP contribution in [-0.4, -0.2) is 69.3 Å². The molecule has 3 rings (SSSR count). The normalized spacial score (nSPS) is 17.7. The summed E-state index contributed by atoms with van der Waals surface area (Å²) in [5.41, 5.74) is 0.861. The Balaban J connectivity index is 1.87. The Bertz CT molecular complexity index is 711. The Labute approximate surface area is 153 Å². The van der Waals surface area contributed by atoms with Crippen LogP contribution in [0.1, 0.15) is 60.4 Å². The molecule has 3 amide bonds. The van der Waals surface area contributed by atoms with Crippen molar-refractivity contribution in [3.8, 4) is 0 Å². The highest BCUT2D eigenvalue weighted by Gasteiger charge is 2.31. The van der Waals surface area contributed by atoms with Crippen LogP contribution >= 0.6 is 0 Å². The van der Waals surface area contributed by atoms with Gasteiger partial charge >= 0.3 is 0 Å². The quantitative estimate of drug-likeness (QED) is 0.801. The molecule has 1 aromatic rings. The van der Waals surface area contributed by atoms with Crippen LogP contribution in [0.5, 0.6) is 0 Å². The molecule has 1 fully saturated rings. The van der Waals surface area contributed by atoms with E-state index >= 15 is 0 Å². The minimum atomic E-state index is -0.364. The fourth-order valence-electron chi connectivity index (χ4n) is 3.46. The van der Waals surface area contributed by atoms with Crippen LogP contribution in [0.15, 0.2) is 0 Å². The van der Waals surface area contributed by atoms with Crippen molar-refractivity contribution in [2.24, 2.45) is 0 Å². The van der Waals surface area contributed by atoms with Crippen LogP contribution in [0, 0.1) is 0 Å². The summed E-state index contributed by atoms with van der Waals surface area (Å²) in [6.07, 6.45) is 3.54. The highest BCUT2D eigenvalue weighted by atomic mass is 16.2. The summed E-state index contributed by atoms with van der Waals surface area (Å²) in [5, 5.41) is 2.95. The second-order valence-corrected chi connectivity index (χ2v) is 7.98. The average molecular weight is 361 g/mol. The van der Waals surface area contributed by atoms with Gasteiger partial charge in [0.25, 0.3) is 11.8 Å². The largest absolute Gasteiger partial charge is 0.346 e. The van der Waals surface area contributed by atoms with Crippen molar-refractivity contribution in [1.29, 1.82) is 0 Å². The number of hydrogen-bond acceptors (Lipinski definition) is 4. The number of fused-ring (bicyclic) bond motifs is 1. The van der Waals surface area contributed by atoms with E-state index in [2.05, 4.69) is 10.3 Å². The molecule has 142 valence electrons. The van der Waals surface area contributed by atoms with Gasteiger partial charge in [-0.3, -0.25) is 14.4 Å². The topological polar surface area (TPSA) is 87.5 Å². The second-order valence-electron chi connectivity index (χ2n) is 7.98. The number of piperazine rings is 1. The Morgan fingerprint density at radius 2 is 1.77 bits per heavy atom. The van der Waals surface area contributed by atoms with Crippen LogP contribution in [0.3, 0.4) is 0 Å². The first kappa shape index (κ1) is 18.4. The molecule has 1 aromatic heterocycles. The number of carbonyl (C=O) groups excluding carboxylic acids is 3. The van der Waals surface area contributed by atoms with E-state index in [-0.39, 0.29) is 17.4 Å². The van der Waals surface area contributed by atoms with Gasteiger partial charge in [0.05, 0.1) is 5.69 Å². The predicted molar refractivity (Wildman–Crippen MR) is 95.9 cm³/mol. The average Bonchev–Trinajstić information content (AvgIpc) is 2.99. The lowest BCUT2D eigenvalue weighted by Crippen LogP contribution is -2.48. The first-order valence-electron chi connectivity index (χ1n) is 9.20. The van der Waals surface area contributed by atoms with Crippen LogP contribution < -0.4 is 5.32 Å². The number of nitrogens with one attached hydrogen (secondary N) is 1. The van der Waals surface area contributed by atoms with Crippen molar-refractivity contribution in [3.63, 3.8) is 0 Å². The molecule has 0 unspecified atom stereocenters. The van der Waals surface area contributed by atoms with Crippen molar-refractivity contribution in [3.05, 3.63) is 17.2 Å². The van der Waals surface area contributed by atoms with Gasteiger partial charge in [-0.15, -0.1) is 0 Å². The van der Waals surface area contributed by atoms with E-state index in [0.29, 0.717) is 44.2 Å². The zero-order valence-electron chi connectivity index (χ0n) is 15.7. The molecule has 0 atom stereocenters. The third-order valence-corrected chi connectivity index (χ3v) is 4.76. The Kier molecular flexibility index (Phi) is 5.02. The summed E-state index contributed by atoms with van der Waals surface area (Å²) in [4.78, 5) is 44.4. The lowest BCUT2D eigenvalue weighted by atomic mass is 10.1. The van der Waals surface area contributed by atoms with E-state index in [4.69, 9.17) is 0 Å². The molecule has 1 N–H and O–H groups in total. The maximum Gasteiger partial charge on any atom is 0.290 e. The van der Waals surface area contributed by atoms with E-state index in [0.717, 1.165) is 31.4 Å². The lowest BCUT2D eigenvalue weighted by molar-refractivity contribution is -0.119. The molecular weight excluding hydrogens is 334 g/mol. The molecule has 26 heavy (non-hydrogen) atoms. The van der Waals surface area contributed by atoms with Crippen molar-refractivity contribution in [1.82, 2.24) is 24.7 Å². The second kappa shape index (κ2) is 7.09. The van der Waals surface area contributed by atoms with E-state index in [1.807, 2.05) is 25.3 Å². The Hall–Kier alpha value is -2.38. The van der Waals surface area contributed by atoms with E-state index < -0.39 is 0 Å². The molecule has 8 nitrogen and oxygen atoms in total. The van der Waals surface area contributed by atoms with Crippen molar-refractivity contribution in [2.45, 2.75) is 52.1 Å². The van der Waals surface area contributed by atoms with Crippen LogP contribution in [-0.2, 0) is 17.8 Å². The lowest BCUT2D eigenvalue weighted by Gasteiger charge is -2.32. The van der Waals surface area contributed by atoms with Gasteiger partial charge in [0.1, 0.15) is 5.69 Å². The number of amides is 3. The number of rotatable bonds is 3. The summed E-state index contributed by atoms with van der Waals surface area (Å²) in [7, 11) is 0. The zero-order valence-corrected chi connectivity index (χ0v) is 15.7. The molecular formula is C18H27N5O3. The van der Waals surface area contributed by atoms with Gasteiger partial charge in [-0.05, 0) is 40.0 Å². The van der Waals surface area contributed by atoms with Gasteiger partial charge in [-0.1, -0.05) is 0 Å². The predicted octanol–water partition coefficient (Wildman–Crippen LogP) is 0.662. The summed E-state index contributed by atoms with van der Waals surface area (Å²) >= 11 is 0. The van der Waals surface area contributed by atoms with Gasteiger partial charge in [0.15, 0.2) is 5.82 Å². The van der Waals surface area contributed by atoms with Crippen molar-refractivity contribution >= 4 is 18.2 Å². The number of nitrogens with zero attached hydrogens (tertiary/aromatic N) is 4. The molecule has 0 radical (unpaired) electrons. The summed E-state index contributed by atoms with van der Waals surface area (Å²) in [5.74, 6) is -0.0419. The molecule has 0 aliphatic carbocycles. The third kappa shape index (κ3) is 3.73. The van der Waals surface area contributed by atoms with E-state index in [1.54, 1.807) is 9.80 Å². The van der Waals surface area contributed by atoms with Gasteiger partial charge in [0.2, 0.25) is 6.41 Å². The fraction of sp³-hybridized carbons (Fsp3) is 0.667. The number of imidazole rings is 1. The van der Waals surface area contributed by atoms with Crippen molar-refractivity contribution < 1.29 is 14.4 Å². The van der Waals surface area contributed by atoms with E-state index in [9.17, 15) is 14.4 Å². The van der Waals surface area contributed by atoms with Crippen LogP contribution in [0.25, 0.3) is 0 Å². The molecule has 0 aromatic carbocycles. The van der Waals surface area contributed by atoms with E-state index in [1.165, 1.54) is 0 Å². The Morgan fingerprint density at radius 1 is 1.08 bits per heavy atom. The van der Waals surface area contributed by atoms with Gasteiger partial charge in [-0.25, -0.2) is 4.98 Å². The zero-order chi connectivity index (χ0) is 18.9. The van der Waals surface area contributed by atoms with Crippen LogP contribution in [0.4, 0.5) is 0 Å². The third-order valence-electron chi connectivity index (χ3n) is 4.76. The monoisotopic (exact) mass is 361 g/mol. The molecule has 0 bridgehead atoms.